The lowest BCUT2D eigenvalue weighted by molar-refractivity contribution is 0.141. The number of nitrogens with zero attached hydrogens (tertiary/aromatic N) is 2. The normalized spacial score (nSPS) is 19.3. The third kappa shape index (κ3) is 4.38. The van der Waals surface area contributed by atoms with E-state index in [2.05, 4.69) is 22.0 Å². The van der Waals surface area contributed by atoms with Gasteiger partial charge < -0.3 is 14.6 Å². The number of para-hydroxylation sites is 1. The van der Waals surface area contributed by atoms with Crippen molar-refractivity contribution in [2.24, 2.45) is 5.92 Å². The van der Waals surface area contributed by atoms with Crippen molar-refractivity contribution in [1.29, 1.82) is 0 Å². The first kappa shape index (κ1) is 20.9. The van der Waals surface area contributed by atoms with Gasteiger partial charge in [0.15, 0.2) is 11.5 Å². The van der Waals surface area contributed by atoms with E-state index in [4.69, 9.17) is 21.1 Å². The molecule has 1 aliphatic heterocycles. The number of ether oxygens (including phenoxy) is 2. The molecule has 6 heteroatoms. The van der Waals surface area contributed by atoms with Gasteiger partial charge in [-0.25, -0.2) is 0 Å². The van der Waals surface area contributed by atoms with E-state index in [0.717, 1.165) is 29.4 Å². The maximum absolute atomic E-state index is 10.7. The van der Waals surface area contributed by atoms with Gasteiger partial charge in [-0.1, -0.05) is 29.8 Å². The van der Waals surface area contributed by atoms with Crippen LogP contribution in [0.4, 0.5) is 0 Å². The monoisotopic (exact) mass is 426 g/mol. The van der Waals surface area contributed by atoms with Crippen LogP contribution in [0.1, 0.15) is 18.1 Å². The van der Waals surface area contributed by atoms with E-state index < -0.39 is 0 Å². The molecule has 2 heterocycles. The van der Waals surface area contributed by atoms with Crippen LogP contribution in [0, 0.1) is 5.92 Å². The number of pyridine rings is 1. The molecule has 0 bridgehead atoms. The lowest BCUT2D eigenvalue weighted by Crippen LogP contribution is -2.21. The second kappa shape index (κ2) is 9.21. The minimum absolute atomic E-state index is 0.166. The van der Waals surface area contributed by atoms with Gasteiger partial charge in [0.2, 0.25) is 0 Å². The minimum Gasteiger partial charge on any atom is -0.493 e. The molecule has 2 atom stereocenters. The Morgan fingerprint density at radius 2 is 1.97 bits per heavy atom. The number of aromatic nitrogens is 1. The average molecular weight is 427 g/mol. The van der Waals surface area contributed by atoms with Crippen molar-refractivity contribution < 1.29 is 14.6 Å². The summed E-state index contributed by atoms with van der Waals surface area (Å²) < 4.78 is 11.1. The Hall–Kier alpha value is -2.34. The van der Waals surface area contributed by atoms with Crippen LogP contribution in [0.15, 0.2) is 48.7 Å². The van der Waals surface area contributed by atoms with Gasteiger partial charge in [0.05, 0.1) is 25.3 Å². The molecule has 1 saturated heterocycles. The van der Waals surface area contributed by atoms with Gasteiger partial charge in [-0.15, -0.1) is 0 Å². The van der Waals surface area contributed by atoms with E-state index in [1.807, 2.05) is 37.4 Å². The lowest BCUT2D eigenvalue weighted by Gasteiger charge is -2.19. The van der Waals surface area contributed by atoms with Gasteiger partial charge in [-0.2, -0.15) is 0 Å². The number of benzene rings is 2. The van der Waals surface area contributed by atoms with Crippen LogP contribution in [-0.4, -0.2) is 47.9 Å². The molecule has 0 spiro atoms. The first-order valence-electron chi connectivity index (χ1n) is 10.3. The highest BCUT2D eigenvalue weighted by atomic mass is 35.5. The first-order chi connectivity index (χ1) is 14.6. The van der Waals surface area contributed by atoms with Crippen molar-refractivity contribution in [2.45, 2.75) is 26.0 Å². The summed E-state index contributed by atoms with van der Waals surface area (Å²) in [5.41, 5.74) is 3.20. The maximum atomic E-state index is 10.7. The molecule has 1 fully saturated rings. The Morgan fingerprint density at radius 1 is 1.13 bits per heavy atom. The molecule has 0 aliphatic carbocycles. The number of β-amino-alcohol motifs (C(OH)–C–C–N with tert-alkyl or cyclic N) is 1. The van der Waals surface area contributed by atoms with E-state index in [9.17, 15) is 5.11 Å². The Balaban J connectivity index is 1.49. The molecular formula is C24H27ClN2O3. The highest BCUT2D eigenvalue weighted by molar-refractivity contribution is 6.31. The number of aliphatic hydroxyl groups is 1. The summed E-state index contributed by atoms with van der Waals surface area (Å²) >= 11 is 6.49. The SMILES string of the molecule is CCOc1cc(CN2C[C@@H](Cc3ccnc4ccccc34)[C@H](O)C2)c(Cl)cc1OC. The van der Waals surface area contributed by atoms with E-state index in [1.165, 1.54) is 5.56 Å². The molecule has 3 aromatic rings. The zero-order chi connectivity index (χ0) is 21.1. The van der Waals surface area contributed by atoms with Crippen LogP contribution in [0.5, 0.6) is 11.5 Å². The number of hydrogen-bond donors (Lipinski definition) is 1. The van der Waals surface area contributed by atoms with E-state index in [1.54, 1.807) is 13.2 Å². The highest BCUT2D eigenvalue weighted by Crippen LogP contribution is 2.35. The van der Waals surface area contributed by atoms with Crippen molar-refractivity contribution in [2.75, 3.05) is 26.8 Å². The Kier molecular flexibility index (Phi) is 6.42. The molecule has 4 rings (SSSR count). The Labute approximate surface area is 182 Å². The molecule has 158 valence electrons. The summed E-state index contributed by atoms with van der Waals surface area (Å²) in [6.45, 7) is 4.59. The number of likely N-dealkylation sites (tertiary alicyclic amines) is 1. The second-order valence-electron chi connectivity index (χ2n) is 7.74. The zero-order valence-electron chi connectivity index (χ0n) is 17.3. The maximum Gasteiger partial charge on any atom is 0.162 e. The van der Waals surface area contributed by atoms with Crippen LogP contribution in [0.3, 0.4) is 0 Å². The predicted octanol–water partition coefficient (Wildman–Crippen LogP) is 4.33. The van der Waals surface area contributed by atoms with Crippen LogP contribution in [-0.2, 0) is 13.0 Å². The van der Waals surface area contributed by atoms with Gasteiger partial charge in [0.25, 0.3) is 0 Å². The summed E-state index contributed by atoms with van der Waals surface area (Å²) in [6.07, 6.45) is 2.30. The standard InChI is InChI=1S/C24H27ClN2O3/c1-3-30-24-11-17(20(25)12-23(24)29-2)13-27-14-18(22(28)15-27)10-16-8-9-26-21-7-5-4-6-19(16)21/h4-9,11-12,18,22,28H,3,10,13-15H2,1-2H3/t18-,22-/m1/s1. The number of methoxy groups -OCH3 is 1. The van der Waals surface area contributed by atoms with Crippen molar-refractivity contribution in [3.05, 3.63) is 64.8 Å². The van der Waals surface area contributed by atoms with Gasteiger partial charge in [0.1, 0.15) is 0 Å². The first-order valence-corrected chi connectivity index (χ1v) is 10.7. The Morgan fingerprint density at radius 3 is 2.77 bits per heavy atom. The molecular weight excluding hydrogens is 400 g/mol. The van der Waals surface area contributed by atoms with Gasteiger partial charge in [-0.05, 0) is 42.7 Å². The molecule has 2 aromatic carbocycles. The molecule has 1 aromatic heterocycles. The van der Waals surface area contributed by atoms with Gasteiger partial charge in [-0.3, -0.25) is 9.88 Å². The highest BCUT2D eigenvalue weighted by Gasteiger charge is 2.32. The van der Waals surface area contributed by atoms with E-state index in [-0.39, 0.29) is 12.0 Å². The van der Waals surface area contributed by atoms with Crippen molar-refractivity contribution in [3.63, 3.8) is 0 Å². The molecule has 5 nitrogen and oxygen atoms in total. The summed E-state index contributed by atoms with van der Waals surface area (Å²) in [4.78, 5) is 6.70. The summed E-state index contributed by atoms with van der Waals surface area (Å²) in [6, 6.07) is 14.0. The molecule has 0 unspecified atom stereocenters. The Bertz CT molecular complexity index is 1020. The average Bonchev–Trinajstić information content (AvgIpc) is 3.09. The van der Waals surface area contributed by atoms with Crippen LogP contribution in [0.2, 0.25) is 5.02 Å². The van der Waals surface area contributed by atoms with Crippen LogP contribution >= 0.6 is 11.6 Å². The van der Waals surface area contributed by atoms with Gasteiger partial charge in [0, 0.05) is 48.2 Å². The summed E-state index contributed by atoms with van der Waals surface area (Å²) in [5.74, 6) is 1.49. The zero-order valence-corrected chi connectivity index (χ0v) is 18.1. The summed E-state index contributed by atoms with van der Waals surface area (Å²) in [5, 5.41) is 12.5. The summed E-state index contributed by atoms with van der Waals surface area (Å²) in [7, 11) is 1.61. The third-order valence-corrected chi connectivity index (χ3v) is 6.08. The number of hydrogen-bond acceptors (Lipinski definition) is 5. The molecule has 0 amide bonds. The fraction of sp³-hybridized carbons (Fsp3) is 0.375. The van der Waals surface area contributed by atoms with Crippen molar-refractivity contribution >= 4 is 22.5 Å². The topological polar surface area (TPSA) is 54.8 Å². The number of fused-ring (bicyclic) bond motifs is 1. The van der Waals surface area contributed by atoms with Gasteiger partial charge >= 0.3 is 0 Å². The molecule has 0 saturated carbocycles. The fourth-order valence-corrected chi connectivity index (χ4v) is 4.47. The van der Waals surface area contributed by atoms with Crippen molar-refractivity contribution in [1.82, 2.24) is 9.88 Å². The molecule has 30 heavy (non-hydrogen) atoms. The quantitative estimate of drug-likeness (QED) is 0.609. The lowest BCUT2D eigenvalue weighted by atomic mass is 9.94. The van der Waals surface area contributed by atoms with E-state index in [0.29, 0.717) is 36.2 Å². The van der Waals surface area contributed by atoms with Crippen molar-refractivity contribution in [3.8, 4) is 11.5 Å². The second-order valence-corrected chi connectivity index (χ2v) is 8.15. The number of halogens is 1. The van der Waals surface area contributed by atoms with Crippen LogP contribution < -0.4 is 9.47 Å². The molecule has 0 radical (unpaired) electrons. The largest absolute Gasteiger partial charge is 0.493 e. The predicted molar refractivity (Wildman–Crippen MR) is 119 cm³/mol. The van der Waals surface area contributed by atoms with E-state index >= 15 is 0 Å². The number of aliphatic hydroxyl groups excluding tert-OH is 1. The number of rotatable bonds is 7. The smallest absolute Gasteiger partial charge is 0.162 e. The molecule has 1 N–H and O–H groups in total. The molecule has 1 aliphatic rings. The van der Waals surface area contributed by atoms with Crippen LogP contribution in [0.25, 0.3) is 10.9 Å². The third-order valence-electron chi connectivity index (χ3n) is 5.73. The minimum atomic E-state index is -0.375. The fourth-order valence-electron chi connectivity index (χ4n) is 4.25.